The van der Waals surface area contributed by atoms with E-state index in [1.807, 2.05) is 84.9 Å². The van der Waals surface area contributed by atoms with Gasteiger partial charge in [-0.25, -0.2) is 8.83 Å². The molecule has 0 aliphatic heterocycles. The van der Waals surface area contributed by atoms with Gasteiger partial charge in [0, 0.05) is 43.7 Å². The van der Waals surface area contributed by atoms with Crippen molar-refractivity contribution in [3.8, 4) is 0 Å². The zero-order chi connectivity index (χ0) is 20.8. The Morgan fingerprint density at radius 1 is 0.433 bits per heavy atom. The molecule has 6 heteroatoms. The molecule has 0 radical (unpaired) electrons. The molecule has 4 rings (SSSR count). The van der Waals surface area contributed by atoms with Crippen molar-refractivity contribution in [3.63, 3.8) is 0 Å². The molecule has 0 aromatic heterocycles. The number of nitrogens with zero attached hydrogens (tertiary/aromatic N) is 2. The number of hydrazine groups is 1. The second kappa shape index (κ2) is 10.2. The van der Waals surface area contributed by atoms with Crippen LogP contribution in [-0.2, 0) is 0 Å². The van der Waals surface area contributed by atoms with Gasteiger partial charge in [0.1, 0.15) is 0 Å². The summed E-state index contributed by atoms with van der Waals surface area (Å²) in [6.07, 6.45) is 0. The highest BCUT2D eigenvalue weighted by Crippen LogP contribution is 2.40. The molecule has 0 bridgehead atoms. The summed E-state index contributed by atoms with van der Waals surface area (Å²) in [6, 6.07) is 36.3. The number of halogens is 2. The van der Waals surface area contributed by atoms with Gasteiger partial charge in [0.05, 0.1) is 11.4 Å². The Morgan fingerprint density at radius 2 is 0.767 bits per heavy atom. The van der Waals surface area contributed by atoms with Crippen molar-refractivity contribution in [2.75, 3.05) is 8.83 Å². The summed E-state index contributed by atoms with van der Waals surface area (Å²) in [4.78, 5) is 2.25. The lowest BCUT2D eigenvalue weighted by Crippen LogP contribution is -2.32. The standard InChI is InChI=1S/C24H18Cl2N2S2/c25-19-11-15-21(16-12-19)27(29-23-7-3-1-4-8-23)28(22-17-13-20(26)14-18-22)30-24-9-5-2-6-10-24/h1-18H. The topological polar surface area (TPSA) is 6.48 Å². The Kier molecular flexibility index (Phi) is 7.13. The quantitative estimate of drug-likeness (QED) is 0.197. The smallest absolute Gasteiger partial charge is 0.0718 e. The van der Waals surface area contributed by atoms with Gasteiger partial charge in [-0.3, -0.25) is 0 Å². The van der Waals surface area contributed by atoms with E-state index < -0.39 is 0 Å². The lowest BCUT2D eigenvalue weighted by Gasteiger charge is -2.35. The fraction of sp³-hybridized carbons (Fsp3) is 0. The third-order valence-corrected chi connectivity index (χ3v) is 6.80. The van der Waals surface area contributed by atoms with Crippen LogP contribution in [0.15, 0.2) is 119 Å². The molecule has 0 unspecified atom stereocenters. The molecule has 0 saturated carbocycles. The van der Waals surface area contributed by atoms with Gasteiger partial charge in [-0.15, -0.1) is 0 Å². The Morgan fingerprint density at radius 3 is 1.10 bits per heavy atom. The zero-order valence-electron chi connectivity index (χ0n) is 15.9. The minimum Gasteiger partial charge on any atom is -0.212 e. The van der Waals surface area contributed by atoms with Crippen LogP contribution in [0.3, 0.4) is 0 Å². The van der Waals surface area contributed by atoms with Crippen molar-refractivity contribution in [1.29, 1.82) is 0 Å². The number of anilines is 2. The van der Waals surface area contributed by atoms with Gasteiger partial charge in [-0.05, 0) is 72.8 Å². The summed E-state index contributed by atoms with van der Waals surface area (Å²) >= 11 is 15.6. The molecule has 0 fully saturated rings. The van der Waals surface area contributed by atoms with Crippen molar-refractivity contribution in [1.82, 2.24) is 0 Å². The van der Waals surface area contributed by atoms with Gasteiger partial charge < -0.3 is 0 Å². The molecular formula is C24H18Cl2N2S2. The van der Waals surface area contributed by atoms with E-state index in [9.17, 15) is 0 Å². The first kappa shape index (κ1) is 21.0. The van der Waals surface area contributed by atoms with Crippen LogP contribution in [0, 0.1) is 0 Å². The van der Waals surface area contributed by atoms with E-state index in [-0.39, 0.29) is 0 Å². The highest BCUT2D eigenvalue weighted by Gasteiger charge is 2.21. The van der Waals surface area contributed by atoms with Crippen LogP contribution in [-0.4, -0.2) is 0 Å². The Bertz CT molecular complexity index is 971. The van der Waals surface area contributed by atoms with Crippen LogP contribution in [0.1, 0.15) is 0 Å². The van der Waals surface area contributed by atoms with Crippen LogP contribution in [0.2, 0.25) is 10.0 Å². The first-order chi connectivity index (χ1) is 14.7. The average Bonchev–Trinajstić information content (AvgIpc) is 2.79. The molecular weight excluding hydrogens is 451 g/mol. The van der Waals surface area contributed by atoms with Crippen LogP contribution >= 0.6 is 47.1 Å². The third-order valence-electron chi connectivity index (χ3n) is 4.13. The second-order valence-electron chi connectivity index (χ2n) is 6.31. The minimum absolute atomic E-state index is 0.706. The Balaban J connectivity index is 1.78. The summed E-state index contributed by atoms with van der Waals surface area (Å²) in [6.45, 7) is 0. The maximum absolute atomic E-state index is 6.16. The fourth-order valence-corrected chi connectivity index (χ4v) is 4.89. The summed E-state index contributed by atoms with van der Waals surface area (Å²) < 4.78 is 4.32. The number of hydrogen-bond acceptors (Lipinski definition) is 4. The van der Waals surface area contributed by atoms with Crippen LogP contribution in [0.5, 0.6) is 0 Å². The molecule has 0 aliphatic rings. The average molecular weight is 469 g/mol. The van der Waals surface area contributed by atoms with Crippen molar-refractivity contribution >= 4 is 58.5 Å². The van der Waals surface area contributed by atoms with Gasteiger partial charge >= 0.3 is 0 Å². The fourth-order valence-electron chi connectivity index (χ4n) is 2.69. The predicted octanol–water partition coefficient (Wildman–Crippen LogP) is 8.64. The SMILES string of the molecule is Clc1ccc(N(Sc2ccccc2)N(Sc2ccccc2)c2ccc(Cl)cc2)cc1. The predicted molar refractivity (Wildman–Crippen MR) is 132 cm³/mol. The molecule has 4 aromatic rings. The molecule has 0 atom stereocenters. The zero-order valence-corrected chi connectivity index (χ0v) is 19.0. The maximum Gasteiger partial charge on any atom is 0.0718 e. The van der Waals surface area contributed by atoms with Gasteiger partial charge in [-0.2, -0.15) is 0 Å². The molecule has 0 spiro atoms. The summed E-state index contributed by atoms with van der Waals surface area (Å²) in [5, 5.41) is 1.41. The lowest BCUT2D eigenvalue weighted by molar-refractivity contribution is 1.16. The van der Waals surface area contributed by atoms with E-state index in [4.69, 9.17) is 23.2 Å². The first-order valence-electron chi connectivity index (χ1n) is 9.26. The van der Waals surface area contributed by atoms with Gasteiger partial charge in [-0.1, -0.05) is 59.6 Å². The van der Waals surface area contributed by atoms with Crippen molar-refractivity contribution in [2.24, 2.45) is 0 Å². The van der Waals surface area contributed by atoms with Crippen molar-refractivity contribution in [3.05, 3.63) is 119 Å². The van der Waals surface area contributed by atoms with E-state index in [0.29, 0.717) is 10.0 Å². The Hall–Kier alpha value is -2.24. The second-order valence-corrected chi connectivity index (χ2v) is 9.18. The van der Waals surface area contributed by atoms with Gasteiger partial charge in [0.25, 0.3) is 0 Å². The summed E-state index contributed by atoms with van der Waals surface area (Å²) in [7, 11) is 0. The van der Waals surface area contributed by atoms with E-state index in [2.05, 4.69) is 33.1 Å². The van der Waals surface area contributed by atoms with Gasteiger partial charge in [0.2, 0.25) is 0 Å². The first-order valence-corrected chi connectivity index (χ1v) is 11.6. The van der Waals surface area contributed by atoms with Crippen LogP contribution < -0.4 is 8.83 Å². The molecule has 4 aromatic carbocycles. The third kappa shape index (κ3) is 5.46. The number of rotatable bonds is 7. The van der Waals surface area contributed by atoms with Crippen molar-refractivity contribution in [2.45, 2.75) is 9.79 Å². The minimum atomic E-state index is 0.706. The largest absolute Gasteiger partial charge is 0.212 e. The maximum atomic E-state index is 6.16. The van der Waals surface area contributed by atoms with E-state index in [1.165, 1.54) is 0 Å². The highest BCUT2D eigenvalue weighted by atomic mass is 35.5. The molecule has 0 heterocycles. The van der Waals surface area contributed by atoms with Gasteiger partial charge in [0.15, 0.2) is 0 Å². The monoisotopic (exact) mass is 468 g/mol. The molecule has 0 N–H and O–H groups in total. The molecule has 2 nitrogen and oxygen atoms in total. The number of benzene rings is 4. The summed E-state index contributed by atoms with van der Waals surface area (Å²) in [5.41, 5.74) is 2.01. The molecule has 0 aliphatic carbocycles. The van der Waals surface area contributed by atoms with Crippen LogP contribution in [0.25, 0.3) is 0 Å². The lowest BCUT2D eigenvalue weighted by atomic mass is 10.3. The summed E-state index contributed by atoms with van der Waals surface area (Å²) in [5.74, 6) is 0. The van der Waals surface area contributed by atoms with Crippen molar-refractivity contribution < 1.29 is 0 Å². The van der Waals surface area contributed by atoms with E-state index in [0.717, 1.165) is 21.2 Å². The molecule has 0 saturated heterocycles. The highest BCUT2D eigenvalue weighted by molar-refractivity contribution is 8.04. The normalized spacial score (nSPS) is 10.6. The van der Waals surface area contributed by atoms with E-state index in [1.54, 1.807) is 23.9 Å². The van der Waals surface area contributed by atoms with Crippen LogP contribution in [0.4, 0.5) is 11.4 Å². The Labute approximate surface area is 195 Å². The van der Waals surface area contributed by atoms with E-state index >= 15 is 0 Å². The number of hydrogen-bond donors (Lipinski definition) is 0. The molecule has 0 amide bonds. The molecule has 30 heavy (non-hydrogen) atoms. The molecule has 150 valence electrons.